The number of nitrogens with zero attached hydrogens (tertiary/aromatic N) is 1. The summed E-state index contributed by atoms with van der Waals surface area (Å²) >= 11 is 1.61. The molecule has 1 aliphatic carbocycles. The molecule has 1 aliphatic rings. The van der Waals surface area contributed by atoms with Crippen molar-refractivity contribution >= 4 is 28.6 Å². The van der Waals surface area contributed by atoms with Gasteiger partial charge in [0.1, 0.15) is 5.76 Å². The summed E-state index contributed by atoms with van der Waals surface area (Å²) in [6, 6.07) is 12.1. The molecule has 118 valence electrons. The molecule has 3 aromatic rings. The zero-order valence-corrected chi connectivity index (χ0v) is 13.8. The predicted molar refractivity (Wildman–Crippen MR) is 94.1 cm³/mol. The van der Waals surface area contributed by atoms with Gasteiger partial charge in [-0.2, -0.15) is 0 Å². The number of hydrogen-bond acceptors (Lipinski definition) is 3. The first kappa shape index (κ1) is 14.6. The van der Waals surface area contributed by atoms with Gasteiger partial charge in [-0.1, -0.05) is 18.2 Å². The van der Waals surface area contributed by atoms with Crippen molar-refractivity contribution in [3.05, 3.63) is 59.7 Å². The van der Waals surface area contributed by atoms with Gasteiger partial charge in [-0.05, 0) is 49.4 Å². The highest BCUT2D eigenvalue weighted by atomic mass is 32.2. The second-order valence-electron chi connectivity index (χ2n) is 5.95. The fourth-order valence-corrected chi connectivity index (χ4v) is 4.25. The molecule has 0 amide bonds. The number of carbonyl (C=O) groups is 1. The Kier molecular flexibility index (Phi) is 4.00. The van der Waals surface area contributed by atoms with Gasteiger partial charge in [0.25, 0.3) is 0 Å². The molecule has 0 N–H and O–H groups in total. The third kappa shape index (κ3) is 2.72. The molecule has 3 nitrogen and oxygen atoms in total. The molecule has 0 aliphatic heterocycles. The number of para-hydroxylation sites is 1. The van der Waals surface area contributed by atoms with Crippen LogP contribution in [-0.4, -0.2) is 16.2 Å². The first-order valence-electron chi connectivity index (χ1n) is 8.09. The molecule has 0 fully saturated rings. The second-order valence-corrected chi connectivity index (χ2v) is 6.94. The number of aromatic nitrogens is 1. The Bertz CT molecular complexity index is 833. The molecule has 1 aromatic carbocycles. The van der Waals surface area contributed by atoms with Crippen LogP contribution >= 0.6 is 11.8 Å². The van der Waals surface area contributed by atoms with Crippen LogP contribution in [0.25, 0.3) is 10.9 Å². The van der Waals surface area contributed by atoms with Gasteiger partial charge in [0.15, 0.2) is 0 Å². The monoisotopic (exact) mass is 325 g/mol. The van der Waals surface area contributed by atoms with Gasteiger partial charge in [0, 0.05) is 11.1 Å². The minimum absolute atomic E-state index is 0.181. The van der Waals surface area contributed by atoms with E-state index in [1.165, 1.54) is 29.5 Å². The molecule has 23 heavy (non-hydrogen) atoms. The van der Waals surface area contributed by atoms with Gasteiger partial charge in [-0.15, -0.1) is 11.8 Å². The number of carbonyl (C=O) groups excluding carboxylic acids is 1. The van der Waals surface area contributed by atoms with Crippen LogP contribution < -0.4 is 0 Å². The van der Waals surface area contributed by atoms with Crippen molar-refractivity contribution in [3.63, 3.8) is 0 Å². The molecule has 0 saturated carbocycles. The van der Waals surface area contributed by atoms with Crippen molar-refractivity contribution in [3.8, 4) is 0 Å². The lowest BCUT2D eigenvalue weighted by Gasteiger charge is -2.15. The highest BCUT2D eigenvalue weighted by Crippen LogP contribution is 2.32. The maximum absolute atomic E-state index is 12.8. The number of furan rings is 1. The maximum Gasteiger partial charge on any atom is 0.241 e. The highest BCUT2D eigenvalue weighted by Gasteiger charge is 2.22. The van der Waals surface area contributed by atoms with Crippen molar-refractivity contribution in [2.24, 2.45) is 0 Å². The first-order chi connectivity index (χ1) is 11.3. The molecule has 0 atom stereocenters. The third-order valence-electron chi connectivity index (χ3n) is 4.48. The Morgan fingerprint density at radius 2 is 2.00 bits per heavy atom. The Balaban J connectivity index is 1.61. The number of aryl methyl sites for hydroxylation is 1. The van der Waals surface area contributed by atoms with Crippen LogP contribution in [0.3, 0.4) is 0 Å². The minimum atomic E-state index is 0.181. The van der Waals surface area contributed by atoms with Gasteiger partial charge >= 0.3 is 0 Å². The van der Waals surface area contributed by atoms with Crippen LogP contribution in [0.1, 0.15) is 34.7 Å². The lowest BCUT2D eigenvalue weighted by Crippen LogP contribution is -2.18. The van der Waals surface area contributed by atoms with Gasteiger partial charge in [-0.25, -0.2) is 0 Å². The van der Waals surface area contributed by atoms with Crippen LogP contribution in [0.15, 0.2) is 47.1 Å². The molecular weight excluding hydrogens is 306 g/mol. The number of fused-ring (bicyclic) bond motifs is 3. The van der Waals surface area contributed by atoms with E-state index in [4.69, 9.17) is 4.42 Å². The Hall–Kier alpha value is -1.94. The summed E-state index contributed by atoms with van der Waals surface area (Å²) in [5.41, 5.74) is 3.69. The number of benzene rings is 1. The molecule has 2 heterocycles. The average molecular weight is 325 g/mol. The smallest absolute Gasteiger partial charge is 0.241 e. The molecule has 0 bridgehead atoms. The fraction of sp³-hybridized carbons (Fsp3) is 0.316. The standard InChI is InChI=1S/C19H19NO2S/c21-19(13-23-12-14-6-5-11-22-14)20-17-9-3-1-7-15(17)16-8-2-4-10-18(16)20/h1,3,5-7,9,11H,2,4,8,10,12-13H2. The van der Waals surface area contributed by atoms with Gasteiger partial charge in [0.2, 0.25) is 5.91 Å². The summed E-state index contributed by atoms with van der Waals surface area (Å²) in [4.78, 5) is 12.8. The van der Waals surface area contributed by atoms with Crippen LogP contribution in [0, 0.1) is 0 Å². The molecule has 0 spiro atoms. The Morgan fingerprint density at radius 1 is 1.13 bits per heavy atom. The molecule has 2 aromatic heterocycles. The van der Waals surface area contributed by atoms with E-state index >= 15 is 0 Å². The van der Waals surface area contributed by atoms with E-state index in [0.717, 1.165) is 29.9 Å². The lowest BCUT2D eigenvalue weighted by molar-refractivity contribution is 0.0943. The van der Waals surface area contributed by atoms with Crippen molar-refractivity contribution in [1.29, 1.82) is 0 Å². The lowest BCUT2D eigenvalue weighted by atomic mass is 9.96. The Labute approximate surface area is 139 Å². The van der Waals surface area contributed by atoms with E-state index in [-0.39, 0.29) is 5.91 Å². The van der Waals surface area contributed by atoms with Gasteiger partial charge < -0.3 is 4.42 Å². The number of rotatable bonds is 4. The Morgan fingerprint density at radius 3 is 2.87 bits per heavy atom. The van der Waals surface area contributed by atoms with Crippen LogP contribution in [-0.2, 0) is 18.6 Å². The summed E-state index contributed by atoms with van der Waals surface area (Å²) in [7, 11) is 0. The summed E-state index contributed by atoms with van der Waals surface area (Å²) in [6.07, 6.45) is 6.18. The number of hydrogen-bond donors (Lipinski definition) is 0. The molecule has 0 unspecified atom stereocenters. The molecular formula is C19H19NO2S. The van der Waals surface area contributed by atoms with Crippen LogP contribution in [0.5, 0.6) is 0 Å². The first-order valence-corrected chi connectivity index (χ1v) is 9.24. The number of thioether (sulfide) groups is 1. The van der Waals surface area contributed by atoms with E-state index in [0.29, 0.717) is 5.75 Å². The zero-order chi connectivity index (χ0) is 15.6. The SMILES string of the molecule is O=C(CSCc1ccco1)n1c2c(c3ccccc31)CCCC2. The topological polar surface area (TPSA) is 35.1 Å². The largest absolute Gasteiger partial charge is 0.468 e. The van der Waals surface area contributed by atoms with Gasteiger partial charge in [-0.3, -0.25) is 9.36 Å². The normalized spacial score (nSPS) is 14.1. The second kappa shape index (κ2) is 6.28. The summed E-state index contributed by atoms with van der Waals surface area (Å²) in [6.45, 7) is 0. The molecule has 4 rings (SSSR count). The van der Waals surface area contributed by atoms with Crippen molar-refractivity contribution in [1.82, 2.24) is 4.57 Å². The zero-order valence-electron chi connectivity index (χ0n) is 13.0. The third-order valence-corrected chi connectivity index (χ3v) is 5.42. The molecule has 4 heteroatoms. The van der Waals surface area contributed by atoms with E-state index in [1.807, 2.05) is 22.8 Å². The van der Waals surface area contributed by atoms with Crippen LogP contribution in [0.2, 0.25) is 0 Å². The van der Waals surface area contributed by atoms with Crippen LogP contribution in [0.4, 0.5) is 0 Å². The van der Waals surface area contributed by atoms with E-state index in [1.54, 1.807) is 18.0 Å². The quantitative estimate of drug-likeness (QED) is 0.698. The van der Waals surface area contributed by atoms with Crippen molar-refractivity contribution < 1.29 is 9.21 Å². The minimum Gasteiger partial charge on any atom is -0.468 e. The molecule has 0 radical (unpaired) electrons. The van der Waals surface area contributed by atoms with E-state index in [9.17, 15) is 4.79 Å². The molecule has 0 saturated heterocycles. The van der Waals surface area contributed by atoms with E-state index < -0.39 is 0 Å². The van der Waals surface area contributed by atoms with Gasteiger partial charge in [0.05, 0.1) is 23.3 Å². The summed E-state index contributed by atoms with van der Waals surface area (Å²) in [5.74, 6) is 2.31. The van der Waals surface area contributed by atoms with Crippen molar-refractivity contribution in [2.75, 3.05) is 5.75 Å². The highest BCUT2D eigenvalue weighted by molar-refractivity contribution is 7.99. The van der Waals surface area contributed by atoms with Crippen molar-refractivity contribution in [2.45, 2.75) is 31.4 Å². The predicted octanol–water partition coefficient (Wildman–Crippen LogP) is 4.69. The maximum atomic E-state index is 12.8. The van der Waals surface area contributed by atoms with E-state index in [2.05, 4.69) is 18.2 Å². The summed E-state index contributed by atoms with van der Waals surface area (Å²) in [5, 5.41) is 1.26. The average Bonchev–Trinajstić information content (AvgIpc) is 3.20. The summed E-state index contributed by atoms with van der Waals surface area (Å²) < 4.78 is 7.30. The fourth-order valence-electron chi connectivity index (χ4n) is 3.48.